The first kappa shape index (κ1) is 14.3. The molecule has 0 fully saturated rings. The van der Waals surface area contributed by atoms with Gasteiger partial charge in [0.05, 0.1) is 14.2 Å². The van der Waals surface area contributed by atoms with E-state index in [1.54, 1.807) is 14.2 Å². The van der Waals surface area contributed by atoms with Crippen LogP contribution in [-0.4, -0.2) is 21.0 Å². The first-order chi connectivity index (χ1) is 10.8. The molecule has 0 saturated carbocycles. The molecular formula is C18H18O4. The van der Waals surface area contributed by atoms with E-state index >= 15 is 0 Å². The molecule has 4 heteroatoms. The van der Waals surface area contributed by atoms with Crippen molar-refractivity contribution in [3.63, 3.8) is 0 Å². The van der Waals surface area contributed by atoms with Crippen molar-refractivity contribution >= 4 is 6.08 Å². The van der Waals surface area contributed by atoms with Crippen LogP contribution in [0.3, 0.4) is 0 Å². The quantitative estimate of drug-likeness (QED) is 0.843. The van der Waals surface area contributed by atoms with Crippen LogP contribution in [0, 0.1) is 0 Å². The minimum atomic E-state index is 0.267. The minimum absolute atomic E-state index is 0.267. The van der Waals surface area contributed by atoms with Gasteiger partial charge in [-0.1, -0.05) is 24.3 Å². The van der Waals surface area contributed by atoms with E-state index in [9.17, 15) is 0 Å². The van der Waals surface area contributed by atoms with Crippen LogP contribution in [-0.2, 0) is 6.42 Å². The third-order valence-corrected chi connectivity index (χ3v) is 3.54. The van der Waals surface area contributed by atoms with Gasteiger partial charge in [-0.2, -0.15) is 0 Å². The molecule has 0 saturated heterocycles. The average Bonchev–Trinajstić information content (AvgIpc) is 3.02. The van der Waals surface area contributed by atoms with Crippen molar-refractivity contribution in [3.8, 4) is 23.0 Å². The van der Waals surface area contributed by atoms with Crippen LogP contribution in [0.25, 0.3) is 6.08 Å². The standard InChI is InChI=1S/C18H18O4/c1-19-15-8-6-13(7-9-15)4-3-5-14-10-17-18(22-12-21-17)11-16(14)20-2/h3-4,6-11H,5,12H2,1-2H3. The number of methoxy groups -OCH3 is 2. The van der Waals surface area contributed by atoms with Gasteiger partial charge in [0.15, 0.2) is 11.5 Å². The molecule has 1 aliphatic heterocycles. The lowest BCUT2D eigenvalue weighted by Crippen LogP contribution is -1.92. The van der Waals surface area contributed by atoms with Crippen molar-refractivity contribution in [2.75, 3.05) is 21.0 Å². The van der Waals surface area contributed by atoms with Gasteiger partial charge in [0, 0.05) is 11.6 Å². The third kappa shape index (κ3) is 3.01. The molecular weight excluding hydrogens is 280 g/mol. The highest BCUT2D eigenvalue weighted by Gasteiger charge is 2.17. The first-order valence-corrected chi connectivity index (χ1v) is 7.07. The van der Waals surface area contributed by atoms with Gasteiger partial charge in [-0.3, -0.25) is 0 Å². The molecule has 0 bridgehead atoms. The second-order valence-electron chi connectivity index (χ2n) is 4.90. The highest BCUT2D eigenvalue weighted by molar-refractivity contribution is 5.55. The van der Waals surface area contributed by atoms with E-state index < -0.39 is 0 Å². The SMILES string of the molecule is COc1ccc(C=CCc2cc3c(cc2OC)OCO3)cc1. The first-order valence-electron chi connectivity index (χ1n) is 7.07. The Balaban J connectivity index is 1.73. The molecule has 1 heterocycles. The molecule has 0 aliphatic carbocycles. The zero-order chi connectivity index (χ0) is 15.4. The molecule has 2 aromatic carbocycles. The van der Waals surface area contributed by atoms with E-state index in [-0.39, 0.29) is 6.79 Å². The maximum absolute atomic E-state index is 5.42. The van der Waals surface area contributed by atoms with E-state index in [2.05, 4.69) is 12.2 Å². The molecule has 0 amide bonds. The van der Waals surface area contributed by atoms with Crippen LogP contribution in [0.5, 0.6) is 23.0 Å². The smallest absolute Gasteiger partial charge is 0.231 e. The number of hydrogen-bond donors (Lipinski definition) is 0. The largest absolute Gasteiger partial charge is 0.497 e. The van der Waals surface area contributed by atoms with Crippen molar-refractivity contribution in [1.29, 1.82) is 0 Å². The lowest BCUT2D eigenvalue weighted by Gasteiger charge is -2.08. The average molecular weight is 298 g/mol. The van der Waals surface area contributed by atoms with Crippen molar-refractivity contribution in [2.45, 2.75) is 6.42 Å². The maximum Gasteiger partial charge on any atom is 0.231 e. The van der Waals surface area contributed by atoms with Crippen molar-refractivity contribution < 1.29 is 18.9 Å². The number of hydrogen-bond acceptors (Lipinski definition) is 4. The number of allylic oxidation sites excluding steroid dienone is 1. The van der Waals surface area contributed by atoms with E-state index in [0.29, 0.717) is 0 Å². The van der Waals surface area contributed by atoms with Crippen LogP contribution in [0.15, 0.2) is 42.5 Å². The summed E-state index contributed by atoms with van der Waals surface area (Å²) in [7, 11) is 3.32. The zero-order valence-electron chi connectivity index (χ0n) is 12.7. The lowest BCUT2D eigenvalue weighted by molar-refractivity contribution is 0.174. The van der Waals surface area contributed by atoms with Gasteiger partial charge in [-0.05, 0) is 30.2 Å². The van der Waals surface area contributed by atoms with Crippen molar-refractivity contribution in [1.82, 2.24) is 0 Å². The predicted molar refractivity (Wildman–Crippen MR) is 84.8 cm³/mol. The van der Waals surface area contributed by atoms with E-state index in [4.69, 9.17) is 18.9 Å². The van der Waals surface area contributed by atoms with Crippen LogP contribution >= 0.6 is 0 Å². The van der Waals surface area contributed by atoms with Crippen molar-refractivity contribution in [3.05, 3.63) is 53.6 Å². The zero-order valence-corrected chi connectivity index (χ0v) is 12.7. The Hall–Kier alpha value is -2.62. The van der Waals surface area contributed by atoms with E-state index in [1.807, 2.05) is 36.4 Å². The normalized spacial score (nSPS) is 12.6. The number of fused-ring (bicyclic) bond motifs is 1. The Morgan fingerprint density at radius 1 is 1.00 bits per heavy atom. The van der Waals surface area contributed by atoms with Gasteiger partial charge in [-0.15, -0.1) is 0 Å². The Morgan fingerprint density at radius 2 is 1.73 bits per heavy atom. The Labute approximate surface area is 129 Å². The number of benzene rings is 2. The number of ether oxygens (including phenoxy) is 4. The van der Waals surface area contributed by atoms with Crippen molar-refractivity contribution in [2.24, 2.45) is 0 Å². The third-order valence-electron chi connectivity index (χ3n) is 3.54. The summed E-state index contributed by atoms with van der Waals surface area (Å²) in [4.78, 5) is 0. The summed E-state index contributed by atoms with van der Waals surface area (Å²) in [5, 5.41) is 0. The molecule has 2 aromatic rings. The molecule has 3 rings (SSSR count). The van der Waals surface area contributed by atoms with Gasteiger partial charge < -0.3 is 18.9 Å². The highest BCUT2D eigenvalue weighted by Crippen LogP contribution is 2.38. The summed E-state index contributed by atoms with van der Waals surface area (Å²) in [5.74, 6) is 3.17. The topological polar surface area (TPSA) is 36.9 Å². The second-order valence-corrected chi connectivity index (χ2v) is 4.90. The highest BCUT2D eigenvalue weighted by atomic mass is 16.7. The summed E-state index contributed by atoms with van der Waals surface area (Å²) in [6, 6.07) is 11.8. The molecule has 22 heavy (non-hydrogen) atoms. The maximum atomic E-state index is 5.42. The fraction of sp³-hybridized carbons (Fsp3) is 0.222. The summed E-state index contributed by atoms with van der Waals surface area (Å²) in [6.07, 6.45) is 4.93. The van der Waals surface area contributed by atoms with Gasteiger partial charge in [0.25, 0.3) is 0 Å². The predicted octanol–water partition coefficient (Wildman–Crippen LogP) is 3.69. The summed E-state index contributed by atoms with van der Waals surface area (Å²) < 4.78 is 21.3. The lowest BCUT2D eigenvalue weighted by atomic mass is 10.1. The van der Waals surface area contributed by atoms with E-state index in [1.165, 1.54) is 0 Å². The van der Waals surface area contributed by atoms with Crippen LogP contribution < -0.4 is 18.9 Å². The molecule has 114 valence electrons. The van der Waals surface area contributed by atoms with Gasteiger partial charge in [0.1, 0.15) is 11.5 Å². The van der Waals surface area contributed by atoms with Gasteiger partial charge in [0.2, 0.25) is 6.79 Å². The molecule has 4 nitrogen and oxygen atoms in total. The molecule has 1 aliphatic rings. The van der Waals surface area contributed by atoms with E-state index in [0.717, 1.165) is 40.5 Å². The number of rotatable bonds is 5. The van der Waals surface area contributed by atoms with Crippen LogP contribution in [0.4, 0.5) is 0 Å². The Morgan fingerprint density at radius 3 is 2.41 bits per heavy atom. The molecule has 0 aromatic heterocycles. The van der Waals surface area contributed by atoms with Crippen LogP contribution in [0.1, 0.15) is 11.1 Å². The summed E-state index contributed by atoms with van der Waals surface area (Å²) in [6.45, 7) is 0.267. The fourth-order valence-electron chi connectivity index (χ4n) is 2.35. The molecule has 0 spiro atoms. The minimum Gasteiger partial charge on any atom is -0.497 e. The van der Waals surface area contributed by atoms with Gasteiger partial charge in [-0.25, -0.2) is 0 Å². The molecule has 0 radical (unpaired) electrons. The summed E-state index contributed by atoms with van der Waals surface area (Å²) in [5.41, 5.74) is 2.19. The second kappa shape index (κ2) is 6.43. The molecule has 0 atom stereocenters. The Kier molecular flexibility index (Phi) is 4.19. The van der Waals surface area contributed by atoms with Gasteiger partial charge >= 0.3 is 0 Å². The molecule has 0 N–H and O–H groups in total. The summed E-state index contributed by atoms with van der Waals surface area (Å²) >= 11 is 0. The monoisotopic (exact) mass is 298 g/mol. The fourth-order valence-corrected chi connectivity index (χ4v) is 2.35. The Bertz CT molecular complexity index is 674. The molecule has 0 unspecified atom stereocenters. The van der Waals surface area contributed by atoms with Crippen LogP contribution in [0.2, 0.25) is 0 Å².